The first-order valence-corrected chi connectivity index (χ1v) is 5.29. The molecule has 0 bridgehead atoms. The van der Waals surface area contributed by atoms with Gasteiger partial charge >= 0.3 is 0 Å². The number of rotatable bonds is 5. The zero-order valence-corrected chi connectivity index (χ0v) is 15.0. The summed E-state index contributed by atoms with van der Waals surface area (Å²) in [4.78, 5) is 0. The topological polar surface area (TPSA) is 69.9 Å². The molecule has 1 radical (unpaired) electrons. The molecule has 6 heteroatoms. The number of ether oxygens (including phenoxy) is 1. The Labute approximate surface area is 134 Å². The standard InChI is InChI=1S/C5H10O2.C5H12O2.CH3.Ir.Pt.H2/c6-4-5-2-1-3-7-5;6-4-2-1-3-5-7;;;;/h5-6H,1-4H2;6-7H,1-5H2;1H3;;;1H/q;;-1;;;. The second-order valence-electron chi connectivity index (χ2n) is 3.33. The molecule has 0 spiro atoms. The Bertz CT molecular complexity index is 115. The van der Waals surface area contributed by atoms with Gasteiger partial charge in [0.25, 0.3) is 0 Å². The van der Waals surface area contributed by atoms with Gasteiger partial charge in [-0.2, -0.15) is 0 Å². The summed E-state index contributed by atoms with van der Waals surface area (Å²) in [5.74, 6) is 0. The Hall–Kier alpha value is 1.18. The van der Waals surface area contributed by atoms with Crippen LogP contribution in [0.2, 0.25) is 0 Å². The van der Waals surface area contributed by atoms with Crippen LogP contribution >= 0.6 is 0 Å². The zero-order valence-electron chi connectivity index (χ0n) is 10.3. The molecule has 4 nitrogen and oxygen atoms in total. The van der Waals surface area contributed by atoms with E-state index in [1.165, 1.54) is 0 Å². The van der Waals surface area contributed by atoms with Crippen molar-refractivity contribution in [3.63, 3.8) is 0 Å². The van der Waals surface area contributed by atoms with Crippen molar-refractivity contribution < 1.29 is 62.7 Å². The van der Waals surface area contributed by atoms with Gasteiger partial charge in [0.1, 0.15) is 0 Å². The Morgan fingerprint density at radius 2 is 1.59 bits per heavy atom. The average molecular weight is 611 g/mol. The molecule has 0 amide bonds. The molecule has 0 aliphatic carbocycles. The van der Waals surface area contributed by atoms with Gasteiger partial charge in [-0.25, -0.2) is 0 Å². The van der Waals surface area contributed by atoms with Gasteiger partial charge < -0.3 is 27.5 Å². The van der Waals surface area contributed by atoms with Crippen LogP contribution in [-0.4, -0.2) is 47.9 Å². The molecule has 1 fully saturated rings. The van der Waals surface area contributed by atoms with E-state index in [0.29, 0.717) is 0 Å². The fourth-order valence-electron chi connectivity index (χ4n) is 1.19. The van der Waals surface area contributed by atoms with Crippen molar-refractivity contribution in [1.82, 2.24) is 0 Å². The number of unbranched alkanes of at least 4 members (excludes halogenated alkanes) is 2. The zero-order chi connectivity index (χ0) is 10.6. The van der Waals surface area contributed by atoms with Gasteiger partial charge in [-0.3, -0.25) is 0 Å². The number of aliphatic hydroxyl groups is 3. The largest absolute Gasteiger partial charge is 0.396 e. The second kappa shape index (κ2) is 22.4. The molecule has 0 aromatic rings. The molecule has 1 atom stereocenters. The molecule has 1 aliphatic rings. The van der Waals surface area contributed by atoms with Crippen LogP contribution in [0.3, 0.4) is 0 Å². The van der Waals surface area contributed by atoms with E-state index in [-0.39, 0.29) is 75.9 Å². The van der Waals surface area contributed by atoms with Crippen molar-refractivity contribution in [3.05, 3.63) is 7.43 Å². The Kier molecular flexibility index (Phi) is 35.1. The summed E-state index contributed by atoms with van der Waals surface area (Å²) in [6.45, 7) is 1.53. The van der Waals surface area contributed by atoms with E-state index in [1.54, 1.807) is 0 Å². The maximum Gasteiger partial charge on any atom is 0.0806 e. The van der Waals surface area contributed by atoms with Crippen molar-refractivity contribution in [1.29, 1.82) is 0 Å². The molecule has 1 aliphatic heterocycles. The SMILES string of the molecule is OCC1CCCO1.OCCCCCO.[CH3-].[HH].[Ir].[Pt]. The Balaban J connectivity index is -0.0000000512. The van der Waals surface area contributed by atoms with Crippen molar-refractivity contribution in [3.8, 4) is 0 Å². The summed E-state index contributed by atoms with van der Waals surface area (Å²) in [6, 6.07) is 0. The normalized spacial score (nSPS) is 16.8. The minimum absolute atomic E-state index is 0. The van der Waals surface area contributed by atoms with E-state index in [4.69, 9.17) is 20.1 Å². The van der Waals surface area contributed by atoms with Crippen LogP contribution in [0.5, 0.6) is 0 Å². The van der Waals surface area contributed by atoms with Crippen LogP contribution in [0.1, 0.15) is 33.5 Å². The second-order valence-corrected chi connectivity index (χ2v) is 3.33. The van der Waals surface area contributed by atoms with Gasteiger partial charge in [0.2, 0.25) is 0 Å². The minimum Gasteiger partial charge on any atom is -0.396 e. The smallest absolute Gasteiger partial charge is 0.0806 e. The van der Waals surface area contributed by atoms with E-state index in [2.05, 4.69) is 0 Å². The van der Waals surface area contributed by atoms with Crippen LogP contribution in [0.25, 0.3) is 0 Å². The fourth-order valence-corrected chi connectivity index (χ4v) is 1.19. The van der Waals surface area contributed by atoms with Crippen LogP contribution in [0.4, 0.5) is 0 Å². The summed E-state index contributed by atoms with van der Waals surface area (Å²) in [5.41, 5.74) is 0. The first kappa shape index (κ1) is 26.7. The monoisotopic (exact) mass is 611 g/mol. The van der Waals surface area contributed by atoms with Crippen LogP contribution in [0, 0.1) is 7.43 Å². The summed E-state index contributed by atoms with van der Waals surface area (Å²) < 4.78 is 5.05. The summed E-state index contributed by atoms with van der Waals surface area (Å²) in [5, 5.41) is 24.9. The first-order valence-electron chi connectivity index (χ1n) is 5.29. The van der Waals surface area contributed by atoms with Gasteiger partial charge in [-0.05, 0) is 32.1 Å². The van der Waals surface area contributed by atoms with Crippen molar-refractivity contribution >= 4 is 0 Å². The van der Waals surface area contributed by atoms with E-state index < -0.39 is 0 Å². The molecule has 0 saturated carbocycles. The molecule has 3 N–H and O–H groups in total. The molecule has 1 heterocycles. The van der Waals surface area contributed by atoms with Crippen LogP contribution < -0.4 is 0 Å². The Morgan fingerprint density at radius 3 is 1.82 bits per heavy atom. The van der Waals surface area contributed by atoms with E-state index >= 15 is 0 Å². The molecule has 115 valence electrons. The maximum absolute atomic E-state index is 8.44. The average Bonchev–Trinajstić information content (AvgIpc) is 2.72. The summed E-state index contributed by atoms with van der Waals surface area (Å²) >= 11 is 0. The van der Waals surface area contributed by atoms with Gasteiger partial charge in [-0.1, -0.05) is 0 Å². The summed E-state index contributed by atoms with van der Waals surface area (Å²) in [6.07, 6.45) is 4.88. The third-order valence-electron chi connectivity index (χ3n) is 2.04. The van der Waals surface area contributed by atoms with Crippen LogP contribution in [-0.2, 0) is 45.9 Å². The molecular weight excluding hydrogens is 583 g/mol. The van der Waals surface area contributed by atoms with Crippen molar-refractivity contribution in [2.24, 2.45) is 0 Å². The molecule has 17 heavy (non-hydrogen) atoms. The molecule has 0 aromatic carbocycles. The third kappa shape index (κ3) is 19.7. The predicted octanol–water partition coefficient (Wildman–Crippen LogP) is 0.990. The van der Waals surface area contributed by atoms with Gasteiger partial charge in [-0.15, -0.1) is 0 Å². The van der Waals surface area contributed by atoms with Crippen molar-refractivity contribution in [2.75, 3.05) is 26.4 Å². The summed E-state index contributed by atoms with van der Waals surface area (Å²) in [7, 11) is 0. The third-order valence-corrected chi connectivity index (χ3v) is 2.04. The predicted molar refractivity (Wildman–Crippen MR) is 62.6 cm³/mol. The molecular formula is C11H27IrO4Pt-. The molecule has 0 aromatic heterocycles. The van der Waals surface area contributed by atoms with Gasteiger partial charge in [0.05, 0.1) is 12.7 Å². The maximum atomic E-state index is 8.44. The molecule has 1 saturated heterocycles. The van der Waals surface area contributed by atoms with Crippen LogP contribution in [0.15, 0.2) is 0 Å². The molecule has 1 rings (SSSR count). The fraction of sp³-hybridized carbons (Fsp3) is 0.909. The van der Waals surface area contributed by atoms with Gasteiger partial charge in [0.15, 0.2) is 0 Å². The van der Waals surface area contributed by atoms with E-state index in [1.807, 2.05) is 0 Å². The Morgan fingerprint density at radius 1 is 1.06 bits per heavy atom. The van der Waals surface area contributed by atoms with E-state index in [9.17, 15) is 0 Å². The first-order chi connectivity index (χ1) is 6.85. The number of hydrogen-bond donors (Lipinski definition) is 3. The van der Waals surface area contributed by atoms with Crippen molar-refractivity contribution in [2.45, 2.75) is 38.2 Å². The van der Waals surface area contributed by atoms with E-state index in [0.717, 1.165) is 38.7 Å². The number of hydrogen-bond acceptors (Lipinski definition) is 4. The number of aliphatic hydroxyl groups excluding tert-OH is 3. The minimum atomic E-state index is 0. The quantitative estimate of drug-likeness (QED) is 0.321. The molecule has 1 unspecified atom stereocenters. The van der Waals surface area contributed by atoms with Gasteiger partial charge in [0, 0.05) is 62.4 Å².